The molecule has 42 heavy (non-hydrogen) atoms. The first-order chi connectivity index (χ1) is 19.9. The van der Waals surface area contributed by atoms with Crippen LogP contribution in [-0.4, -0.2) is 69.4 Å². The highest BCUT2D eigenvalue weighted by Crippen LogP contribution is 2.24. The van der Waals surface area contributed by atoms with Crippen molar-refractivity contribution in [1.82, 2.24) is 16.0 Å². The second kappa shape index (κ2) is 15.1. The van der Waals surface area contributed by atoms with Crippen molar-refractivity contribution in [2.45, 2.75) is 58.7 Å². The summed E-state index contributed by atoms with van der Waals surface area (Å²) in [6.07, 6.45) is 8.85. The fourth-order valence-corrected chi connectivity index (χ4v) is 5.75. The van der Waals surface area contributed by atoms with E-state index in [1.807, 2.05) is 69.3 Å². The summed E-state index contributed by atoms with van der Waals surface area (Å²) in [6, 6.07) is 11.7. The van der Waals surface area contributed by atoms with Gasteiger partial charge in [-0.3, -0.25) is 13.9 Å². The van der Waals surface area contributed by atoms with Gasteiger partial charge in [-0.2, -0.15) is 0 Å². The highest BCUT2D eigenvalue weighted by atomic mass is 32.2. The first kappa shape index (κ1) is 33.0. The Bertz CT molecular complexity index is 1400. The number of benzene rings is 2. The summed E-state index contributed by atoms with van der Waals surface area (Å²) in [6.45, 7) is 8.43. The van der Waals surface area contributed by atoms with E-state index in [2.05, 4.69) is 16.0 Å². The molecular formula is C32H44N4O5S. The van der Waals surface area contributed by atoms with E-state index >= 15 is 0 Å². The average molecular weight is 597 g/mol. The van der Waals surface area contributed by atoms with Gasteiger partial charge in [0.25, 0.3) is 5.91 Å². The predicted molar refractivity (Wildman–Crippen MR) is 170 cm³/mol. The van der Waals surface area contributed by atoms with Crippen molar-refractivity contribution in [2.75, 3.05) is 30.2 Å². The maximum absolute atomic E-state index is 13.7. The molecular weight excluding hydrogens is 552 g/mol. The lowest BCUT2D eigenvalue weighted by Crippen LogP contribution is -2.55. The Morgan fingerprint density at radius 2 is 1.81 bits per heavy atom. The number of nitrogens with one attached hydrogen (secondary N) is 3. The minimum atomic E-state index is -3.57. The van der Waals surface area contributed by atoms with Crippen LogP contribution in [0.25, 0.3) is 12.2 Å². The zero-order valence-electron chi connectivity index (χ0n) is 25.1. The van der Waals surface area contributed by atoms with Crippen molar-refractivity contribution in [1.29, 1.82) is 0 Å². The number of nitrogens with zero attached hydrogens (tertiary/aromatic N) is 1. The molecule has 9 nitrogen and oxygen atoms in total. The smallest absolute Gasteiger partial charge is 0.251 e. The number of fused-ring (bicyclic) bond motifs is 4. The first-order valence-corrected chi connectivity index (χ1v) is 16.3. The fraction of sp³-hybridized carbons (Fsp3) is 0.438. The molecule has 0 radical (unpaired) electrons. The highest BCUT2D eigenvalue weighted by Gasteiger charge is 2.26. The monoisotopic (exact) mass is 596 g/mol. The summed E-state index contributed by atoms with van der Waals surface area (Å²) in [5, 5.41) is 19.5. The molecule has 3 atom stereocenters. The van der Waals surface area contributed by atoms with Gasteiger partial charge in [0, 0.05) is 31.2 Å². The number of amides is 2. The molecule has 1 aliphatic rings. The number of hydrogen-bond acceptors (Lipinski definition) is 6. The number of hydrogen-bond donors (Lipinski definition) is 4. The maximum Gasteiger partial charge on any atom is 0.251 e. The molecule has 0 saturated carbocycles. The van der Waals surface area contributed by atoms with Crippen LogP contribution in [-0.2, 0) is 21.2 Å². The number of carbonyl (C=O) groups is 2. The molecule has 2 amide bonds. The lowest BCUT2D eigenvalue weighted by Gasteiger charge is -2.26. The lowest BCUT2D eigenvalue weighted by atomic mass is 10.0. The van der Waals surface area contributed by atoms with Gasteiger partial charge in [-0.1, -0.05) is 69.3 Å². The second-order valence-electron chi connectivity index (χ2n) is 11.3. The van der Waals surface area contributed by atoms with E-state index < -0.39 is 28.2 Å². The van der Waals surface area contributed by atoms with Gasteiger partial charge in [0.05, 0.1) is 18.0 Å². The summed E-state index contributed by atoms with van der Waals surface area (Å²) in [4.78, 5) is 26.5. The number of allylic oxidation sites excluding steroid dienone is 2. The molecule has 2 aromatic carbocycles. The summed E-state index contributed by atoms with van der Waals surface area (Å²) in [7, 11) is -3.57. The molecule has 3 rings (SSSR count). The number of aliphatic hydroxyl groups excluding tert-OH is 1. The minimum Gasteiger partial charge on any atom is -0.391 e. The lowest BCUT2D eigenvalue weighted by molar-refractivity contribution is -0.125. The van der Waals surface area contributed by atoms with Crippen LogP contribution in [0.5, 0.6) is 0 Å². The van der Waals surface area contributed by atoms with Crippen molar-refractivity contribution in [3.8, 4) is 0 Å². The average Bonchev–Trinajstić information content (AvgIpc) is 2.91. The van der Waals surface area contributed by atoms with Crippen molar-refractivity contribution >= 4 is 39.7 Å². The topological polar surface area (TPSA) is 128 Å². The van der Waals surface area contributed by atoms with Crippen molar-refractivity contribution in [3.63, 3.8) is 0 Å². The Kier molecular flexibility index (Phi) is 11.9. The number of rotatable bonds is 11. The van der Waals surface area contributed by atoms with Crippen LogP contribution in [0.15, 0.2) is 54.6 Å². The van der Waals surface area contributed by atoms with Crippen LogP contribution in [0.2, 0.25) is 0 Å². The zero-order valence-corrected chi connectivity index (χ0v) is 25.9. The third kappa shape index (κ3) is 9.82. The summed E-state index contributed by atoms with van der Waals surface area (Å²) in [5.74, 6) is -0.418. The Morgan fingerprint density at radius 3 is 2.45 bits per heavy atom. The van der Waals surface area contributed by atoms with Gasteiger partial charge in [-0.25, -0.2) is 8.42 Å². The van der Waals surface area contributed by atoms with E-state index in [4.69, 9.17) is 0 Å². The third-order valence-corrected chi connectivity index (χ3v) is 8.00. The predicted octanol–water partition coefficient (Wildman–Crippen LogP) is 3.35. The van der Waals surface area contributed by atoms with E-state index in [0.29, 0.717) is 36.2 Å². The van der Waals surface area contributed by atoms with Gasteiger partial charge >= 0.3 is 0 Å². The molecule has 4 bridgehead atoms. The Morgan fingerprint density at radius 1 is 1.10 bits per heavy atom. The summed E-state index contributed by atoms with van der Waals surface area (Å²) < 4.78 is 26.5. The van der Waals surface area contributed by atoms with Crippen LogP contribution < -0.4 is 20.3 Å². The second-order valence-corrected chi connectivity index (χ2v) is 13.2. The third-order valence-electron chi connectivity index (χ3n) is 6.81. The molecule has 1 aliphatic heterocycles. The first-order valence-electron chi connectivity index (χ1n) is 14.4. The van der Waals surface area contributed by atoms with E-state index in [9.17, 15) is 23.1 Å². The van der Waals surface area contributed by atoms with E-state index in [1.165, 1.54) is 4.31 Å². The van der Waals surface area contributed by atoms with Gasteiger partial charge in [0.15, 0.2) is 0 Å². The molecule has 0 aliphatic carbocycles. The SMILES string of the molecule is CCCN(c1cc2cc(c1)C(=O)N[C@H](CN[C@@H](C(=O)NCC(C)C)[C@H](C)O)Cc1cccc(c1)/C=C\C=C/2)S(C)(=O)=O. The van der Waals surface area contributed by atoms with Gasteiger partial charge in [0.2, 0.25) is 15.9 Å². The molecule has 4 N–H and O–H groups in total. The summed E-state index contributed by atoms with van der Waals surface area (Å²) in [5.41, 5.74) is 3.40. The van der Waals surface area contributed by atoms with Crippen molar-refractivity contribution < 1.29 is 23.1 Å². The van der Waals surface area contributed by atoms with Crippen molar-refractivity contribution in [3.05, 3.63) is 76.9 Å². The molecule has 0 spiro atoms. The standard InChI is InChI=1S/C32H44N4O5S/c1-6-14-36(42(5,40)41)29-18-26-11-8-7-10-24-12-9-13-25(15-24)17-28(35-31(38)27(16-26)19-29)21-33-30(23(4)37)32(39)34-20-22(2)3/h7-13,15-16,18-19,22-23,28,30,33,37H,6,14,17,20-21H2,1-5H3,(H,34,39)(H,35,38)/b10-7-,11-8-/t23-,28-,30+/m0/s1. The van der Waals surface area contributed by atoms with Crippen LogP contribution >= 0.6 is 0 Å². The minimum absolute atomic E-state index is 0.216. The van der Waals surface area contributed by atoms with Gasteiger partial charge in [-0.05, 0) is 60.6 Å². The number of anilines is 1. The van der Waals surface area contributed by atoms with Crippen LogP contribution in [0.3, 0.4) is 0 Å². The van der Waals surface area contributed by atoms with Gasteiger partial charge in [0.1, 0.15) is 6.04 Å². The summed E-state index contributed by atoms with van der Waals surface area (Å²) >= 11 is 0. The Hall–Kier alpha value is -3.47. The molecule has 2 aromatic rings. The number of aliphatic hydroxyl groups is 1. The molecule has 1 heterocycles. The molecule has 0 unspecified atom stereocenters. The van der Waals surface area contributed by atoms with Crippen LogP contribution in [0.1, 0.15) is 61.2 Å². The normalized spacial score (nSPS) is 18.4. The zero-order chi connectivity index (χ0) is 30.9. The molecule has 10 heteroatoms. The highest BCUT2D eigenvalue weighted by molar-refractivity contribution is 7.92. The fourth-order valence-electron chi connectivity index (χ4n) is 4.75. The van der Waals surface area contributed by atoms with Crippen LogP contribution in [0, 0.1) is 5.92 Å². The number of sulfonamides is 1. The molecule has 0 saturated heterocycles. The van der Waals surface area contributed by atoms with Crippen molar-refractivity contribution in [2.24, 2.45) is 5.92 Å². The quantitative estimate of drug-likeness (QED) is 0.315. The molecule has 0 fully saturated rings. The Labute approximate surface area is 250 Å². The van der Waals surface area contributed by atoms with Crippen LogP contribution in [0.4, 0.5) is 5.69 Å². The Balaban J connectivity index is 1.99. The molecule has 228 valence electrons. The van der Waals surface area contributed by atoms with E-state index in [-0.39, 0.29) is 30.8 Å². The maximum atomic E-state index is 13.7. The largest absolute Gasteiger partial charge is 0.391 e. The van der Waals surface area contributed by atoms with E-state index in [0.717, 1.165) is 17.4 Å². The molecule has 0 aromatic heterocycles. The van der Waals surface area contributed by atoms with E-state index in [1.54, 1.807) is 25.1 Å². The van der Waals surface area contributed by atoms with Gasteiger partial charge < -0.3 is 21.1 Å². The van der Waals surface area contributed by atoms with Gasteiger partial charge in [-0.15, -0.1) is 0 Å². The number of carbonyl (C=O) groups excluding carboxylic acids is 2.